The van der Waals surface area contributed by atoms with Crippen molar-refractivity contribution in [1.82, 2.24) is 0 Å². The normalized spacial score (nSPS) is 14.5. The monoisotopic (exact) mass is 151 g/mol. The SMILES string of the molecule is CC=CC(C)CC(=N)/C=C\C. The standard InChI is InChI=1S/C10H17N/c1-4-6-9(3)8-10(11)7-5-2/h4-7,9,11H,8H2,1-3H3/b6-4?,7-5-,11-10?. The van der Waals surface area contributed by atoms with Gasteiger partial charge in [-0.1, -0.05) is 25.2 Å². The van der Waals surface area contributed by atoms with E-state index in [9.17, 15) is 0 Å². The Kier molecular flexibility index (Phi) is 5.44. The summed E-state index contributed by atoms with van der Waals surface area (Å²) in [6.07, 6.45) is 8.76. The van der Waals surface area contributed by atoms with Gasteiger partial charge in [-0.05, 0) is 32.3 Å². The van der Waals surface area contributed by atoms with E-state index in [0.29, 0.717) is 11.6 Å². The van der Waals surface area contributed by atoms with Crippen LogP contribution in [0, 0.1) is 11.3 Å². The molecule has 0 spiro atoms. The maximum absolute atomic E-state index is 7.48. The Labute approximate surface area is 69.3 Å². The molecule has 0 aromatic heterocycles. The van der Waals surface area contributed by atoms with Crippen molar-refractivity contribution in [2.24, 2.45) is 5.92 Å². The predicted octanol–water partition coefficient (Wildman–Crippen LogP) is 3.18. The van der Waals surface area contributed by atoms with Crippen LogP contribution >= 0.6 is 0 Å². The molecule has 62 valence electrons. The smallest absolute Gasteiger partial charge is 0.0316 e. The minimum absolute atomic E-state index is 0.490. The third-order valence-corrected chi connectivity index (χ3v) is 1.43. The molecule has 0 aromatic carbocycles. The Hall–Kier alpha value is -0.850. The van der Waals surface area contributed by atoms with Gasteiger partial charge >= 0.3 is 0 Å². The molecule has 0 amide bonds. The first-order valence-electron chi connectivity index (χ1n) is 4.03. The molecule has 0 radical (unpaired) electrons. The zero-order chi connectivity index (χ0) is 8.69. The molecule has 0 heterocycles. The molecule has 0 aliphatic carbocycles. The van der Waals surface area contributed by atoms with E-state index in [0.717, 1.165) is 6.42 Å². The molecule has 1 atom stereocenters. The van der Waals surface area contributed by atoms with Crippen LogP contribution in [0.2, 0.25) is 0 Å². The zero-order valence-corrected chi connectivity index (χ0v) is 7.59. The molecule has 1 N–H and O–H groups in total. The van der Waals surface area contributed by atoms with Crippen LogP contribution in [-0.4, -0.2) is 5.71 Å². The van der Waals surface area contributed by atoms with Gasteiger partial charge in [0.1, 0.15) is 0 Å². The molecular weight excluding hydrogens is 134 g/mol. The minimum Gasteiger partial charge on any atom is -0.305 e. The lowest BCUT2D eigenvalue weighted by atomic mass is 10.0. The summed E-state index contributed by atoms with van der Waals surface area (Å²) in [5, 5.41) is 7.48. The van der Waals surface area contributed by atoms with Crippen molar-refractivity contribution in [3.05, 3.63) is 24.3 Å². The number of hydrogen-bond acceptors (Lipinski definition) is 1. The molecule has 0 saturated heterocycles. The maximum atomic E-state index is 7.48. The van der Waals surface area contributed by atoms with Crippen LogP contribution < -0.4 is 0 Å². The number of nitrogens with one attached hydrogen (secondary N) is 1. The molecule has 11 heavy (non-hydrogen) atoms. The fourth-order valence-electron chi connectivity index (χ4n) is 1.01. The summed E-state index contributed by atoms with van der Waals surface area (Å²) in [5.74, 6) is 0.490. The fourth-order valence-corrected chi connectivity index (χ4v) is 1.01. The molecule has 1 heteroatoms. The third kappa shape index (κ3) is 5.59. The highest BCUT2D eigenvalue weighted by molar-refractivity contribution is 5.92. The van der Waals surface area contributed by atoms with E-state index in [4.69, 9.17) is 5.41 Å². The second-order valence-corrected chi connectivity index (χ2v) is 2.73. The van der Waals surface area contributed by atoms with E-state index < -0.39 is 0 Å². The molecule has 0 saturated carbocycles. The summed E-state index contributed by atoms with van der Waals surface area (Å²) in [6.45, 7) is 6.07. The van der Waals surface area contributed by atoms with Crippen molar-refractivity contribution in [2.75, 3.05) is 0 Å². The zero-order valence-electron chi connectivity index (χ0n) is 7.59. The van der Waals surface area contributed by atoms with Crippen molar-refractivity contribution < 1.29 is 0 Å². The summed E-state index contributed by atoms with van der Waals surface area (Å²) in [7, 11) is 0. The van der Waals surface area contributed by atoms with Crippen molar-refractivity contribution in [3.8, 4) is 0 Å². The second kappa shape index (κ2) is 5.90. The largest absolute Gasteiger partial charge is 0.305 e. The van der Waals surface area contributed by atoms with Crippen molar-refractivity contribution in [2.45, 2.75) is 27.2 Å². The lowest BCUT2D eigenvalue weighted by molar-refractivity contribution is 0.766. The Morgan fingerprint density at radius 1 is 1.36 bits per heavy atom. The maximum Gasteiger partial charge on any atom is 0.0316 e. The first kappa shape index (κ1) is 10.2. The highest BCUT2D eigenvalue weighted by Crippen LogP contribution is 2.04. The molecule has 0 aromatic rings. The van der Waals surface area contributed by atoms with Gasteiger partial charge in [0.05, 0.1) is 0 Å². The Morgan fingerprint density at radius 3 is 2.45 bits per heavy atom. The first-order valence-corrected chi connectivity index (χ1v) is 4.03. The van der Waals surface area contributed by atoms with E-state index in [1.54, 1.807) is 0 Å². The van der Waals surface area contributed by atoms with Gasteiger partial charge in [0, 0.05) is 5.71 Å². The van der Waals surface area contributed by atoms with E-state index in [1.807, 2.05) is 32.1 Å². The Bertz CT molecular complexity index is 166. The molecule has 0 rings (SSSR count). The van der Waals surface area contributed by atoms with E-state index in [1.165, 1.54) is 0 Å². The van der Waals surface area contributed by atoms with Gasteiger partial charge in [-0.2, -0.15) is 0 Å². The Morgan fingerprint density at radius 2 is 2.00 bits per heavy atom. The van der Waals surface area contributed by atoms with E-state index >= 15 is 0 Å². The van der Waals surface area contributed by atoms with Gasteiger partial charge in [-0.25, -0.2) is 0 Å². The van der Waals surface area contributed by atoms with E-state index in [-0.39, 0.29) is 0 Å². The van der Waals surface area contributed by atoms with Gasteiger partial charge in [-0.3, -0.25) is 0 Å². The lowest BCUT2D eigenvalue weighted by Crippen LogP contribution is -1.98. The van der Waals surface area contributed by atoms with Gasteiger partial charge < -0.3 is 5.41 Å². The van der Waals surface area contributed by atoms with Crippen LogP contribution in [0.5, 0.6) is 0 Å². The third-order valence-electron chi connectivity index (χ3n) is 1.43. The van der Waals surface area contributed by atoms with Crippen molar-refractivity contribution in [3.63, 3.8) is 0 Å². The van der Waals surface area contributed by atoms with Gasteiger partial charge in [0.25, 0.3) is 0 Å². The summed E-state index contributed by atoms with van der Waals surface area (Å²) < 4.78 is 0. The van der Waals surface area contributed by atoms with Crippen molar-refractivity contribution >= 4 is 5.71 Å². The average Bonchev–Trinajstić information content (AvgIpc) is 1.87. The highest BCUT2D eigenvalue weighted by Gasteiger charge is 1.97. The lowest BCUT2D eigenvalue weighted by Gasteiger charge is -2.02. The minimum atomic E-state index is 0.490. The Balaban J connectivity index is 3.75. The average molecular weight is 151 g/mol. The number of allylic oxidation sites excluding steroid dienone is 4. The molecular formula is C10H17N. The topological polar surface area (TPSA) is 23.9 Å². The van der Waals surface area contributed by atoms with Crippen LogP contribution in [-0.2, 0) is 0 Å². The summed E-state index contributed by atoms with van der Waals surface area (Å²) in [5.41, 5.74) is 0.707. The van der Waals surface area contributed by atoms with Crippen molar-refractivity contribution in [1.29, 1.82) is 5.41 Å². The van der Waals surface area contributed by atoms with Gasteiger partial charge in [0.2, 0.25) is 0 Å². The quantitative estimate of drug-likeness (QED) is 0.471. The molecule has 0 aliphatic heterocycles. The summed E-state index contributed by atoms with van der Waals surface area (Å²) in [4.78, 5) is 0. The number of hydrogen-bond donors (Lipinski definition) is 1. The van der Waals surface area contributed by atoms with E-state index in [2.05, 4.69) is 13.0 Å². The molecule has 1 nitrogen and oxygen atoms in total. The van der Waals surface area contributed by atoms with Crippen LogP contribution in [0.15, 0.2) is 24.3 Å². The van der Waals surface area contributed by atoms with Crippen LogP contribution in [0.3, 0.4) is 0 Å². The predicted molar refractivity (Wildman–Crippen MR) is 51.1 cm³/mol. The molecule has 0 aliphatic rings. The summed E-state index contributed by atoms with van der Waals surface area (Å²) in [6, 6.07) is 0. The molecule has 0 bridgehead atoms. The molecule has 0 fully saturated rings. The second-order valence-electron chi connectivity index (χ2n) is 2.73. The fraction of sp³-hybridized carbons (Fsp3) is 0.500. The summed E-state index contributed by atoms with van der Waals surface area (Å²) >= 11 is 0. The van der Waals surface area contributed by atoms with Crippen LogP contribution in [0.25, 0.3) is 0 Å². The van der Waals surface area contributed by atoms with Gasteiger partial charge in [0.15, 0.2) is 0 Å². The molecule has 1 unspecified atom stereocenters. The van der Waals surface area contributed by atoms with Crippen LogP contribution in [0.1, 0.15) is 27.2 Å². The van der Waals surface area contributed by atoms with Gasteiger partial charge in [-0.15, -0.1) is 0 Å². The first-order chi connectivity index (χ1) is 5.20. The number of rotatable bonds is 4. The van der Waals surface area contributed by atoms with Crippen LogP contribution in [0.4, 0.5) is 0 Å². The highest BCUT2D eigenvalue weighted by atomic mass is 14.4.